The van der Waals surface area contributed by atoms with Crippen LogP contribution in [0, 0.1) is 5.92 Å². The molecule has 1 saturated carbocycles. The molecule has 2 N–H and O–H groups in total. The lowest BCUT2D eigenvalue weighted by Gasteiger charge is -2.29. The number of rotatable bonds is 5. The van der Waals surface area contributed by atoms with Crippen LogP contribution in [0.4, 0.5) is 0 Å². The summed E-state index contributed by atoms with van der Waals surface area (Å²) in [5.41, 5.74) is 1.54. The molecule has 2 atom stereocenters. The molecule has 0 aromatic heterocycles. The second-order valence-corrected chi connectivity index (χ2v) is 7.47. The maximum Gasteiger partial charge on any atom is 0.216 e. The summed E-state index contributed by atoms with van der Waals surface area (Å²) < 4.78 is 27.3. The summed E-state index contributed by atoms with van der Waals surface area (Å²) in [5, 5.41) is 8.98. The summed E-state index contributed by atoms with van der Waals surface area (Å²) in [5.74, 6) is 0.414. The summed E-state index contributed by atoms with van der Waals surface area (Å²) in [6.45, 7) is 2.09. The average molecular weight is 297 g/mol. The van der Waals surface area contributed by atoms with E-state index in [1.807, 2.05) is 0 Å². The molecule has 112 valence electrons. The Morgan fingerprint density at radius 1 is 1.15 bits per heavy atom. The molecule has 1 aliphatic rings. The van der Waals surface area contributed by atoms with Crippen molar-refractivity contribution in [2.24, 2.45) is 5.92 Å². The van der Waals surface area contributed by atoms with Gasteiger partial charge in [-0.15, -0.1) is 0 Å². The SMILES string of the molecule is CC1CCCCC1NS(=O)(=O)Cc1ccc(CO)cc1. The van der Waals surface area contributed by atoms with Crippen molar-refractivity contribution in [3.63, 3.8) is 0 Å². The molecule has 5 heteroatoms. The van der Waals surface area contributed by atoms with Crippen molar-refractivity contribution in [2.75, 3.05) is 0 Å². The molecule has 0 heterocycles. The number of sulfonamides is 1. The van der Waals surface area contributed by atoms with Crippen molar-refractivity contribution in [2.45, 2.75) is 51.0 Å². The summed E-state index contributed by atoms with van der Waals surface area (Å²) in [6, 6.07) is 7.11. The van der Waals surface area contributed by atoms with Gasteiger partial charge in [0.05, 0.1) is 12.4 Å². The molecule has 20 heavy (non-hydrogen) atoms. The predicted molar refractivity (Wildman–Crippen MR) is 79.5 cm³/mol. The number of hydrogen-bond donors (Lipinski definition) is 2. The lowest BCUT2D eigenvalue weighted by Crippen LogP contribution is -2.41. The Kier molecular flexibility index (Phi) is 5.18. The van der Waals surface area contributed by atoms with Gasteiger partial charge in [-0.25, -0.2) is 13.1 Å². The van der Waals surface area contributed by atoms with E-state index in [1.165, 1.54) is 6.42 Å². The molecule has 2 rings (SSSR count). The summed E-state index contributed by atoms with van der Waals surface area (Å²) in [6.07, 6.45) is 4.33. The van der Waals surface area contributed by atoms with Gasteiger partial charge in [0.15, 0.2) is 0 Å². The molecule has 2 unspecified atom stereocenters. The van der Waals surface area contributed by atoms with Crippen LogP contribution in [0.25, 0.3) is 0 Å². The average Bonchev–Trinajstić information content (AvgIpc) is 2.41. The number of hydrogen-bond acceptors (Lipinski definition) is 3. The topological polar surface area (TPSA) is 66.4 Å². The predicted octanol–water partition coefficient (Wildman–Crippen LogP) is 2.18. The zero-order chi connectivity index (χ0) is 14.6. The summed E-state index contributed by atoms with van der Waals surface area (Å²) >= 11 is 0. The van der Waals surface area contributed by atoms with Crippen LogP contribution in [0.15, 0.2) is 24.3 Å². The molecular weight excluding hydrogens is 274 g/mol. The van der Waals surface area contributed by atoms with Crippen molar-refractivity contribution in [1.82, 2.24) is 4.72 Å². The molecule has 0 spiro atoms. The second kappa shape index (κ2) is 6.70. The molecule has 0 bridgehead atoms. The number of aliphatic hydroxyl groups is 1. The van der Waals surface area contributed by atoms with E-state index in [9.17, 15) is 8.42 Å². The van der Waals surface area contributed by atoms with Crippen molar-refractivity contribution in [3.05, 3.63) is 35.4 Å². The largest absolute Gasteiger partial charge is 0.392 e. The molecule has 0 amide bonds. The minimum absolute atomic E-state index is 0.00191. The third-order valence-electron chi connectivity index (χ3n) is 4.00. The first-order valence-electron chi connectivity index (χ1n) is 7.19. The van der Waals surface area contributed by atoms with Crippen LogP contribution in [-0.4, -0.2) is 19.6 Å². The van der Waals surface area contributed by atoms with Crippen molar-refractivity contribution < 1.29 is 13.5 Å². The van der Waals surface area contributed by atoms with E-state index in [0.717, 1.165) is 30.4 Å². The Bertz CT molecular complexity index is 525. The zero-order valence-electron chi connectivity index (χ0n) is 11.9. The quantitative estimate of drug-likeness (QED) is 0.875. The van der Waals surface area contributed by atoms with Crippen molar-refractivity contribution >= 4 is 10.0 Å². The maximum atomic E-state index is 12.2. The van der Waals surface area contributed by atoms with E-state index in [4.69, 9.17) is 5.11 Å². The van der Waals surface area contributed by atoms with Crippen LogP contribution in [0.5, 0.6) is 0 Å². The van der Waals surface area contributed by atoms with Crippen LogP contribution < -0.4 is 4.72 Å². The van der Waals surface area contributed by atoms with Gasteiger partial charge < -0.3 is 5.11 Å². The molecule has 1 fully saturated rings. The standard InChI is InChI=1S/C15H23NO3S/c1-12-4-2-3-5-15(12)16-20(18,19)11-14-8-6-13(10-17)7-9-14/h6-9,12,15-17H,2-5,10-11H2,1H3. The lowest BCUT2D eigenvalue weighted by molar-refractivity contribution is 0.282. The first kappa shape index (κ1) is 15.5. The molecule has 0 aliphatic heterocycles. The Hall–Kier alpha value is -0.910. The molecule has 1 aromatic carbocycles. The van der Waals surface area contributed by atoms with Gasteiger partial charge in [0.25, 0.3) is 0 Å². The minimum atomic E-state index is -3.30. The fourth-order valence-electron chi connectivity index (χ4n) is 2.72. The Morgan fingerprint density at radius 3 is 2.35 bits per heavy atom. The zero-order valence-corrected chi connectivity index (χ0v) is 12.7. The first-order valence-corrected chi connectivity index (χ1v) is 8.84. The summed E-state index contributed by atoms with van der Waals surface area (Å²) in [4.78, 5) is 0. The third kappa shape index (κ3) is 4.30. The lowest BCUT2D eigenvalue weighted by atomic mass is 9.87. The van der Waals surface area contributed by atoms with E-state index >= 15 is 0 Å². The van der Waals surface area contributed by atoms with Crippen LogP contribution in [0.2, 0.25) is 0 Å². The van der Waals surface area contributed by atoms with Gasteiger partial charge >= 0.3 is 0 Å². The van der Waals surface area contributed by atoms with E-state index in [0.29, 0.717) is 5.92 Å². The summed E-state index contributed by atoms with van der Waals surface area (Å²) in [7, 11) is -3.30. The van der Waals surface area contributed by atoms with E-state index in [-0.39, 0.29) is 18.4 Å². The van der Waals surface area contributed by atoms with Crippen LogP contribution in [0.1, 0.15) is 43.7 Å². The van der Waals surface area contributed by atoms with Crippen LogP contribution >= 0.6 is 0 Å². The monoisotopic (exact) mass is 297 g/mol. The normalized spacial score (nSPS) is 23.7. The highest BCUT2D eigenvalue weighted by Gasteiger charge is 2.25. The minimum Gasteiger partial charge on any atom is -0.392 e. The van der Waals surface area contributed by atoms with Gasteiger partial charge in [-0.3, -0.25) is 0 Å². The van der Waals surface area contributed by atoms with E-state index < -0.39 is 10.0 Å². The maximum absolute atomic E-state index is 12.2. The highest BCUT2D eigenvalue weighted by atomic mass is 32.2. The molecule has 0 saturated heterocycles. The highest BCUT2D eigenvalue weighted by Crippen LogP contribution is 2.24. The number of benzene rings is 1. The molecule has 4 nitrogen and oxygen atoms in total. The number of nitrogens with one attached hydrogen (secondary N) is 1. The van der Waals surface area contributed by atoms with Gasteiger partial charge in [0.1, 0.15) is 0 Å². The first-order chi connectivity index (χ1) is 9.50. The van der Waals surface area contributed by atoms with Gasteiger partial charge in [0, 0.05) is 6.04 Å². The molecule has 0 radical (unpaired) electrons. The number of aliphatic hydroxyl groups excluding tert-OH is 1. The van der Waals surface area contributed by atoms with Gasteiger partial charge in [0.2, 0.25) is 10.0 Å². The van der Waals surface area contributed by atoms with Crippen LogP contribution in [-0.2, 0) is 22.4 Å². The highest BCUT2D eigenvalue weighted by molar-refractivity contribution is 7.88. The Morgan fingerprint density at radius 2 is 1.75 bits per heavy atom. The van der Waals surface area contributed by atoms with Gasteiger partial charge in [-0.05, 0) is 29.9 Å². The van der Waals surface area contributed by atoms with Gasteiger partial charge in [-0.2, -0.15) is 0 Å². The third-order valence-corrected chi connectivity index (χ3v) is 5.38. The Balaban J connectivity index is 1.99. The van der Waals surface area contributed by atoms with Gasteiger partial charge in [-0.1, -0.05) is 44.0 Å². The molecular formula is C15H23NO3S. The van der Waals surface area contributed by atoms with E-state index in [2.05, 4.69) is 11.6 Å². The van der Waals surface area contributed by atoms with Crippen LogP contribution in [0.3, 0.4) is 0 Å². The fraction of sp³-hybridized carbons (Fsp3) is 0.600. The van der Waals surface area contributed by atoms with Crippen molar-refractivity contribution in [3.8, 4) is 0 Å². The second-order valence-electron chi connectivity index (χ2n) is 5.72. The molecule has 1 aliphatic carbocycles. The van der Waals surface area contributed by atoms with Crippen molar-refractivity contribution in [1.29, 1.82) is 0 Å². The smallest absolute Gasteiger partial charge is 0.216 e. The van der Waals surface area contributed by atoms with E-state index in [1.54, 1.807) is 24.3 Å². The Labute approximate surface area is 121 Å². The fourth-order valence-corrected chi connectivity index (χ4v) is 4.25. The molecule has 1 aromatic rings.